The van der Waals surface area contributed by atoms with Crippen LogP contribution in [0.1, 0.15) is 52.7 Å². The zero-order chi connectivity index (χ0) is 21.7. The molecule has 0 radical (unpaired) electrons. The predicted molar refractivity (Wildman–Crippen MR) is 118 cm³/mol. The van der Waals surface area contributed by atoms with E-state index in [4.69, 9.17) is 4.74 Å². The Hall–Kier alpha value is -2.82. The number of para-hydroxylation sites is 2. The molecule has 0 aliphatic heterocycles. The van der Waals surface area contributed by atoms with Crippen LogP contribution >= 0.6 is 0 Å². The molecule has 29 heavy (non-hydrogen) atoms. The van der Waals surface area contributed by atoms with Crippen molar-refractivity contribution in [2.45, 2.75) is 52.4 Å². The molecular weight excluding hydrogens is 364 g/mol. The first-order valence-corrected chi connectivity index (χ1v) is 9.89. The van der Waals surface area contributed by atoms with Crippen LogP contribution in [0.5, 0.6) is 0 Å². The summed E-state index contributed by atoms with van der Waals surface area (Å²) in [7, 11) is 0. The maximum Gasteiger partial charge on any atom is 0.333 e. The molecule has 156 valence electrons. The minimum Gasteiger partial charge on any atom is -0.390 e. The molecule has 2 rings (SSSR count). The molecule has 0 amide bonds. The Balaban J connectivity index is 1.89. The number of benzene rings is 2. The van der Waals surface area contributed by atoms with E-state index in [1.807, 2.05) is 48.5 Å². The maximum absolute atomic E-state index is 12.1. The molecule has 0 heterocycles. The van der Waals surface area contributed by atoms with Gasteiger partial charge < -0.3 is 15.4 Å². The average molecular weight is 397 g/mol. The van der Waals surface area contributed by atoms with E-state index >= 15 is 0 Å². The van der Waals surface area contributed by atoms with Gasteiger partial charge in [-0.2, -0.15) is 0 Å². The number of anilines is 2. The van der Waals surface area contributed by atoms with Gasteiger partial charge in [-0.25, -0.2) is 9.59 Å². The number of nitrogens with one attached hydrogen (secondary N) is 2. The largest absolute Gasteiger partial charge is 0.390 e. The van der Waals surface area contributed by atoms with E-state index in [2.05, 4.69) is 52.2 Å². The minimum atomic E-state index is -0.607. The Morgan fingerprint density at radius 1 is 0.690 bits per heavy atom. The normalized spacial score (nSPS) is 11.7. The average Bonchev–Trinajstić information content (AvgIpc) is 2.63. The second-order valence-electron chi connectivity index (χ2n) is 9.14. The summed E-state index contributed by atoms with van der Waals surface area (Å²) < 4.78 is 4.94. The molecule has 2 aromatic rings. The van der Waals surface area contributed by atoms with Crippen LogP contribution in [0.3, 0.4) is 0 Å². The van der Waals surface area contributed by atoms with E-state index < -0.39 is 11.9 Å². The molecule has 0 bridgehead atoms. The number of carbonyl (C=O) groups is 2. The lowest BCUT2D eigenvalue weighted by Crippen LogP contribution is -2.26. The van der Waals surface area contributed by atoms with Crippen molar-refractivity contribution in [3.05, 3.63) is 59.7 Å². The lowest BCUT2D eigenvalue weighted by Gasteiger charge is -2.23. The molecule has 0 atom stereocenters. The predicted octanol–water partition coefficient (Wildman–Crippen LogP) is 4.88. The second kappa shape index (κ2) is 9.12. The van der Waals surface area contributed by atoms with Gasteiger partial charge in [0.25, 0.3) is 0 Å². The third kappa shape index (κ3) is 6.63. The quantitative estimate of drug-likeness (QED) is 0.538. The fourth-order valence-corrected chi connectivity index (χ4v) is 3.12. The highest BCUT2D eigenvalue weighted by Crippen LogP contribution is 2.30. The summed E-state index contributed by atoms with van der Waals surface area (Å²) in [4.78, 5) is 24.2. The number of rotatable bonds is 6. The molecule has 0 saturated carbocycles. The van der Waals surface area contributed by atoms with Crippen molar-refractivity contribution >= 4 is 23.3 Å². The highest BCUT2D eigenvalue weighted by atomic mass is 16.6. The van der Waals surface area contributed by atoms with Gasteiger partial charge in [0.1, 0.15) is 13.1 Å². The summed E-state index contributed by atoms with van der Waals surface area (Å²) >= 11 is 0. The molecular formula is C24H32N2O3. The molecule has 0 aliphatic rings. The molecule has 5 heteroatoms. The van der Waals surface area contributed by atoms with Crippen LogP contribution in [0, 0.1) is 0 Å². The van der Waals surface area contributed by atoms with E-state index in [-0.39, 0.29) is 23.9 Å². The van der Waals surface area contributed by atoms with Crippen molar-refractivity contribution in [1.29, 1.82) is 0 Å². The van der Waals surface area contributed by atoms with Crippen LogP contribution in [0.4, 0.5) is 11.4 Å². The van der Waals surface area contributed by atoms with Crippen LogP contribution in [-0.2, 0) is 25.2 Å². The first-order valence-electron chi connectivity index (χ1n) is 9.89. The molecule has 0 aliphatic carbocycles. The topological polar surface area (TPSA) is 67.4 Å². The van der Waals surface area contributed by atoms with Crippen LogP contribution in [0.25, 0.3) is 0 Å². The van der Waals surface area contributed by atoms with E-state index in [1.54, 1.807) is 0 Å². The molecule has 0 aromatic heterocycles. The minimum absolute atomic E-state index is 0.0618. The second-order valence-corrected chi connectivity index (χ2v) is 9.14. The molecule has 2 aromatic carbocycles. The summed E-state index contributed by atoms with van der Waals surface area (Å²) in [5.74, 6) is -1.21. The summed E-state index contributed by atoms with van der Waals surface area (Å²) in [6.07, 6.45) is 0. The highest BCUT2D eigenvalue weighted by Gasteiger charge is 2.20. The molecule has 0 fully saturated rings. The summed E-state index contributed by atoms with van der Waals surface area (Å²) in [5, 5.41) is 6.16. The van der Waals surface area contributed by atoms with Gasteiger partial charge in [-0.05, 0) is 34.1 Å². The van der Waals surface area contributed by atoms with Gasteiger partial charge in [-0.15, -0.1) is 0 Å². The number of hydrogen-bond acceptors (Lipinski definition) is 5. The fourth-order valence-electron chi connectivity index (χ4n) is 3.12. The fraction of sp³-hybridized carbons (Fsp3) is 0.417. The van der Waals surface area contributed by atoms with Crippen LogP contribution in [-0.4, -0.2) is 25.0 Å². The van der Waals surface area contributed by atoms with Crippen LogP contribution < -0.4 is 10.6 Å². The van der Waals surface area contributed by atoms with Crippen molar-refractivity contribution in [2.75, 3.05) is 23.7 Å². The zero-order valence-corrected chi connectivity index (χ0v) is 18.3. The SMILES string of the molecule is CC(C)(C)c1ccccc1NCC(=O)OC(=O)CNc1ccccc1C(C)(C)C. The van der Waals surface area contributed by atoms with Gasteiger partial charge in [0.15, 0.2) is 0 Å². The zero-order valence-electron chi connectivity index (χ0n) is 18.3. The highest BCUT2D eigenvalue weighted by molar-refractivity contribution is 5.89. The van der Waals surface area contributed by atoms with Crippen LogP contribution in [0.2, 0.25) is 0 Å². The van der Waals surface area contributed by atoms with Crippen molar-refractivity contribution < 1.29 is 14.3 Å². The van der Waals surface area contributed by atoms with Crippen molar-refractivity contribution in [2.24, 2.45) is 0 Å². The lowest BCUT2D eigenvalue weighted by atomic mass is 9.86. The van der Waals surface area contributed by atoms with Crippen molar-refractivity contribution in [1.82, 2.24) is 0 Å². The van der Waals surface area contributed by atoms with Gasteiger partial charge in [0, 0.05) is 11.4 Å². The smallest absolute Gasteiger partial charge is 0.333 e. The van der Waals surface area contributed by atoms with E-state index in [0.717, 1.165) is 22.5 Å². The van der Waals surface area contributed by atoms with Crippen molar-refractivity contribution in [3.63, 3.8) is 0 Å². The number of esters is 2. The Morgan fingerprint density at radius 3 is 1.38 bits per heavy atom. The summed E-state index contributed by atoms with van der Waals surface area (Å²) in [5.41, 5.74) is 3.80. The third-order valence-electron chi connectivity index (χ3n) is 4.54. The molecule has 0 saturated heterocycles. The standard InChI is InChI=1S/C24H32N2O3/c1-23(2,3)17-11-7-9-13-19(17)25-15-21(27)29-22(28)16-26-20-14-10-8-12-18(20)24(4,5)6/h7-14,25-26H,15-16H2,1-6H3. The monoisotopic (exact) mass is 396 g/mol. The van der Waals surface area contributed by atoms with E-state index in [9.17, 15) is 9.59 Å². The molecule has 5 nitrogen and oxygen atoms in total. The molecule has 0 spiro atoms. The number of carbonyl (C=O) groups excluding carboxylic acids is 2. The van der Waals surface area contributed by atoms with Gasteiger partial charge in [0.2, 0.25) is 0 Å². The molecule has 0 unspecified atom stereocenters. The van der Waals surface area contributed by atoms with Gasteiger partial charge in [0.05, 0.1) is 0 Å². The van der Waals surface area contributed by atoms with Gasteiger partial charge >= 0.3 is 11.9 Å². The Kier molecular flexibility index (Phi) is 7.07. The van der Waals surface area contributed by atoms with Gasteiger partial charge in [-0.3, -0.25) is 0 Å². The Labute approximate surface area is 173 Å². The summed E-state index contributed by atoms with van der Waals surface area (Å²) in [6.45, 7) is 12.5. The number of hydrogen-bond donors (Lipinski definition) is 2. The molecule has 2 N–H and O–H groups in total. The maximum atomic E-state index is 12.1. The van der Waals surface area contributed by atoms with Crippen molar-refractivity contribution in [3.8, 4) is 0 Å². The Bertz CT molecular complexity index is 789. The van der Waals surface area contributed by atoms with E-state index in [1.165, 1.54) is 0 Å². The van der Waals surface area contributed by atoms with Gasteiger partial charge in [-0.1, -0.05) is 77.9 Å². The first kappa shape index (κ1) is 22.5. The lowest BCUT2D eigenvalue weighted by molar-refractivity contribution is -0.157. The number of ether oxygens (including phenoxy) is 1. The summed E-state index contributed by atoms with van der Waals surface area (Å²) in [6, 6.07) is 15.6. The Morgan fingerprint density at radius 2 is 1.03 bits per heavy atom. The van der Waals surface area contributed by atoms with Crippen LogP contribution in [0.15, 0.2) is 48.5 Å². The third-order valence-corrected chi connectivity index (χ3v) is 4.54. The van der Waals surface area contributed by atoms with E-state index in [0.29, 0.717) is 0 Å². The first-order chi connectivity index (χ1) is 13.5.